The third-order valence-corrected chi connectivity index (χ3v) is 6.64. The number of likely N-dealkylation sites (tertiary alicyclic amines) is 1. The van der Waals surface area contributed by atoms with Crippen LogP contribution < -0.4 is 10.6 Å². The number of benzene rings is 2. The number of amidine groups is 1. The van der Waals surface area contributed by atoms with Crippen LogP contribution in [0.2, 0.25) is 0 Å². The number of thioether (sulfide) groups is 1. The van der Waals surface area contributed by atoms with Crippen LogP contribution in [0.3, 0.4) is 0 Å². The molecule has 0 radical (unpaired) electrons. The van der Waals surface area contributed by atoms with Crippen molar-refractivity contribution in [3.8, 4) is 0 Å². The average Bonchev–Trinajstić information content (AvgIpc) is 3.19. The SMILES string of the molecule is O=C(C[C@@H]1SC(N2CCCCC2)=NC1=O)Nc1cccc(C(=O)NCc2ccccc2)c1. The van der Waals surface area contributed by atoms with Crippen LogP contribution in [0.1, 0.15) is 41.6 Å². The summed E-state index contributed by atoms with van der Waals surface area (Å²) in [5.41, 5.74) is 1.99. The lowest BCUT2D eigenvalue weighted by atomic mass is 10.1. The summed E-state index contributed by atoms with van der Waals surface area (Å²) in [6.07, 6.45) is 3.47. The fourth-order valence-corrected chi connectivity index (χ4v) is 4.85. The Hall–Kier alpha value is -3.13. The molecule has 0 saturated carbocycles. The number of nitrogens with zero attached hydrogens (tertiary/aromatic N) is 2. The second-order valence-electron chi connectivity index (χ2n) is 7.89. The maximum atomic E-state index is 12.5. The average molecular weight is 451 g/mol. The van der Waals surface area contributed by atoms with Gasteiger partial charge in [0.05, 0.1) is 0 Å². The second kappa shape index (κ2) is 10.5. The number of aliphatic imine (C=N–C) groups is 1. The predicted octanol–water partition coefficient (Wildman–Crippen LogP) is 3.43. The van der Waals surface area contributed by atoms with Gasteiger partial charge in [0.25, 0.3) is 11.8 Å². The van der Waals surface area contributed by atoms with Crippen LogP contribution in [-0.2, 0) is 16.1 Å². The van der Waals surface area contributed by atoms with E-state index in [0.29, 0.717) is 17.8 Å². The molecule has 0 aromatic heterocycles. The highest BCUT2D eigenvalue weighted by atomic mass is 32.2. The van der Waals surface area contributed by atoms with Crippen molar-refractivity contribution in [3.05, 3.63) is 65.7 Å². The first-order valence-electron chi connectivity index (χ1n) is 10.8. The van der Waals surface area contributed by atoms with E-state index in [4.69, 9.17) is 0 Å². The van der Waals surface area contributed by atoms with Gasteiger partial charge in [0.15, 0.2) is 5.17 Å². The predicted molar refractivity (Wildman–Crippen MR) is 127 cm³/mol. The van der Waals surface area contributed by atoms with Crippen molar-refractivity contribution in [2.75, 3.05) is 18.4 Å². The van der Waals surface area contributed by atoms with Crippen LogP contribution in [0.4, 0.5) is 5.69 Å². The van der Waals surface area contributed by atoms with Gasteiger partial charge in [0.2, 0.25) is 5.91 Å². The lowest BCUT2D eigenvalue weighted by molar-refractivity contribution is -0.121. The highest BCUT2D eigenvalue weighted by molar-refractivity contribution is 8.15. The molecule has 0 bridgehead atoms. The number of piperidine rings is 1. The molecule has 2 aliphatic rings. The summed E-state index contributed by atoms with van der Waals surface area (Å²) in [5.74, 6) is -0.737. The quantitative estimate of drug-likeness (QED) is 0.704. The Kier molecular flexibility index (Phi) is 7.21. The number of rotatable bonds is 6. The third kappa shape index (κ3) is 5.76. The van der Waals surface area contributed by atoms with E-state index >= 15 is 0 Å². The molecule has 32 heavy (non-hydrogen) atoms. The molecule has 2 aromatic rings. The first-order chi connectivity index (χ1) is 15.6. The first-order valence-corrected chi connectivity index (χ1v) is 11.7. The number of amides is 3. The smallest absolute Gasteiger partial charge is 0.262 e. The topological polar surface area (TPSA) is 90.9 Å². The van der Waals surface area contributed by atoms with E-state index in [1.165, 1.54) is 18.2 Å². The molecule has 1 fully saturated rings. The Bertz CT molecular complexity index is 1020. The van der Waals surface area contributed by atoms with Gasteiger partial charge >= 0.3 is 0 Å². The minimum atomic E-state index is -0.496. The molecule has 1 saturated heterocycles. The van der Waals surface area contributed by atoms with Crippen molar-refractivity contribution in [2.24, 2.45) is 4.99 Å². The summed E-state index contributed by atoms with van der Waals surface area (Å²) in [6.45, 7) is 2.25. The highest BCUT2D eigenvalue weighted by Gasteiger charge is 2.33. The number of anilines is 1. The normalized spacial score (nSPS) is 18.2. The minimum Gasteiger partial charge on any atom is -0.351 e. The zero-order chi connectivity index (χ0) is 22.3. The first kappa shape index (κ1) is 22.1. The van der Waals surface area contributed by atoms with E-state index in [9.17, 15) is 14.4 Å². The van der Waals surface area contributed by atoms with Gasteiger partial charge in [-0.25, -0.2) is 0 Å². The zero-order valence-corrected chi connectivity index (χ0v) is 18.6. The Morgan fingerprint density at radius 2 is 1.81 bits per heavy atom. The zero-order valence-electron chi connectivity index (χ0n) is 17.8. The van der Waals surface area contributed by atoms with Crippen LogP contribution in [0.15, 0.2) is 59.6 Å². The lowest BCUT2D eigenvalue weighted by Crippen LogP contribution is -2.33. The summed E-state index contributed by atoms with van der Waals surface area (Å²) >= 11 is 1.38. The number of hydrogen-bond acceptors (Lipinski definition) is 5. The van der Waals surface area contributed by atoms with Gasteiger partial charge in [-0.3, -0.25) is 14.4 Å². The Morgan fingerprint density at radius 1 is 1.03 bits per heavy atom. The molecule has 1 atom stereocenters. The van der Waals surface area contributed by atoms with E-state index in [1.54, 1.807) is 24.3 Å². The fraction of sp³-hybridized carbons (Fsp3) is 0.333. The number of nitrogens with one attached hydrogen (secondary N) is 2. The molecule has 166 valence electrons. The molecule has 3 amide bonds. The van der Waals surface area contributed by atoms with E-state index in [-0.39, 0.29) is 24.1 Å². The van der Waals surface area contributed by atoms with E-state index in [1.807, 2.05) is 30.3 Å². The molecule has 4 rings (SSSR count). The van der Waals surface area contributed by atoms with Crippen LogP contribution in [-0.4, -0.2) is 46.1 Å². The summed E-state index contributed by atoms with van der Waals surface area (Å²) in [7, 11) is 0. The molecular weight excluding hydrogens is 424 g/mol. The maximum Gasteiger partial charge on any atom is 0.262 e. The molecule has 8 heteroatoms. The molecule has 2 aromatic carbocycles. The summed E-state index contributed by atoms with van der Waals surface area (Å²) in [6, 6.07) is 16.4. The molecule has 0 spiro atoms. The van der Waals surface area contributed by atoms with Gasteiger partial charge in [-0.15, -0.1) is 0 Å². The summed E-state index contributed by atoms with van der Waals surface area (Å²) < 4.78 is 0. The summed E-state index contributed by atoms with van der Waals surface area (Å²) in [4.78, 5) is 43.6. The molecule has 0 aliphatic carbocycles. The Labute approximate surface area is 191 Å². The van der Waals surface area contributed by atoms with E-state index < -0.39 is 5.25 Å². The van der Waals surface area contributed by atoms with Gasteiger partial charge in [0, 0.05) is 37.3 Å². The van der Waals surface area contributed by atoms with Gasteiger partial charge in [-0.1, -0.05) is 48.2 Å². The summed E-state index contributed by atoms with van der Waals surface area (Å²) in [5, 5.41) is 5.92. The van der Waals surface area contributed by atoms with Gasteiger partial charge in [-0.05, 0) is 43.0 Å². The molecule has 2 aliphatic heterocycles. The largest absolute Gasteiger partial charge is 0.351 e. The van der Waals surface area contributed by atoms with Crippen molar-refractivity contribution >= 4 is 40.3 Å². The van der Waals surface area contributed by atoms with Crippen molar-refractivity contribution in [1.29, 1.82) is 0 Å². The molecule has 2 N–H and O–H groups in total. The van der Waals surface area contributed by atoms with E-state index in [0.717, 1.165) is 36.7 Å². The van der Waals surface area contributed by atoms with Crippen LogP contribution in [0.5, 0.6) is 0 Å². The van der Waals surface area contributed by atoms with Crippen LogP contribution >= 0.6 is 11.8 Å². The maximum absolute atomic E-state index is 12.5. The standard InChI is InChI=1S/C24H26N4O3S/c29-21(15-20-23(31)27-24(32-20)28-12-5-2-6-13-28)26-19-11-7-10-18(14-19)22(30)25-16-17-8-3-1-4-9-17/h1,3-4,7-11,14,20H,2,5-6,12-13,15-16H2,(H,25,30)(H,26,29)/t20-/m0/s1. The van der Waals surface area contributed by atoms with Gasteiger partial charge < -0.3 is 15.5 Å². The van der Waals surface area contributed by atoms with Gasteiger partial charge in [0.1, 0.15) is 5.25 Å². The van der Waals surface area contributed by atoms with Crippen LogP contribution in [0.25, 0.3) is 0 Å². The number of carbonyl (C=O) groups is 3. The third-order valence-electron chi connectivity index (χ3n) is 5.43. The molecule has 0 unspecified atom stereocenters. The van der Waals surface area contributed by atoms with E-state index in [2.05, 4.69) is 20.5 Å². The fourth-order valence-electron chi connectivity index (χ4n) is 3.73. The lowest BCUT2D eigenvalue weighted by Gasteiger charge is -2.27. The molecular formula is C24H26N4O3S. The van der Waals surface area contributed by atoms with Crippen molar-refractivity contribution in [2.45, 2.75) is 37.5 Å². The van der Waals surface area contributed by atoms with Crippen molar-refractivity contribution < 1.29 is 14.4 Å². The van der Waals surface area contributed by atoms with Crippen molar-refractivity contribution in [3.63, 3.8) is 0 Å². The minimum absolute atomic E-state index is 0.0504. The van der Waals surface area contributed by atoms with Crippen LogP contribution in [0, 0.1) is 0 Å². The molecule has 2 heterocycles. The monoisotopic (exact) mass is 450 g/mol. The number of hydrogen-bond donors (Lipinski definition) is 2. The Morgan fingerprint density at radius 3 is 2.59 bits per heavy atom. The van der Waals surface area contributed by atoms with Gasteiger partial charge in [-0.2, -0.15) is 4.99 Å². The Balaban J connectivity index is 1.29. The number of carbonyl (C=O) groups excluding carboxylic acids is 3. The molecule has 7 nitrogen and oxygen atoms in total. The second-order valence-corrected chi connectivity index (χ2v) is 9.06. The highest BCUT2D eigenvalue weighted by Crippen LogP contribution is 2.29. The van der Waals surface area contributed by atoms with Crippen molar-refractivity contribution in [1.82, 2.24) is 10.2 Å².